The van der Waals surface area contributed by atoms with Crippen molar-refractivity contribution in [3.05, 3.63) is 34.6 Å². The van der Waals surface area contributed by atoms with Gasteiger partial charge in [0.1, 0.15) is 5.75 Å². The van der Waals surface area contributed by atoms with Gasteiger partial charge in [0, 0.05) is 36.0 Å². The zero-order valence-corrected chi connectivity index (χ0v) is 17.1. The summed E-state index contributed by atoms with van der Waals surface area (Å²) in [5.74, 6) is 1.77. The van der Waals surface area contributed by atoms with Crippen LogP contribution in [0.4, 0.5) is 0 Å². The summed E-state index contributed by atoms with van der Waals surface area (Å²) in [6, 6.07) is 3.31. The number of aryl methyl sites for hydroxylation is 1. The van der Waals surface area contributed by atoms with Crippen molar-refractivity contribution in [1.82, 2.24) is 14.7 Å². The molecule has 152 valence electrons. The molecule has 0 amide bonds. The molecule has 0 bridgehead atoms. The molecule has 1 aromatic carbocycles. The van der Waals surface area contributed by atoms with Gasteiger partial charge in [0.15, 0.2) is 21.3 Å². The van der Waals surface area contributed by atoms with E-state index in [9.17, 15) is 13.5 Å². The Morgan fingerprint density at radius 3 is 2.64 bits per heavy atom. The van der Waals surface area contributed by atoms with Crippen LogP contribution in [0.2, 0.25) is 0 Å². The minimum Gasteiger partial charge on any atom is -0.507 e. The third-order valence-electron chi connectivity index (χ3n) is 5.47. The average molecular weight is 407 g/mol. The predicted molar refractivity (Wildman–Crippen MR) is 103 cm³/mol. The maximum atomic E-state index is 11.8. The van der Waals surface area contributed by atoms with Gasteiger partial charge in [-0.3, -0.25) is 9.58 Å². The van der Waals surface area contributed by atoms with Gasteiger partial charge in [0.05, 0.1) is 23.2 Å². The third-order valence-corrected chi connectivity index (χ3v) is 7.22. The van der Waals surface area contributed by atoms with E-state index in [0.717, 1.165) is 22.5 Å². The number of hydrogen-bond acceptors (Lipinski definition) is 7. The molecule has 0 aliphatic carbocycles. The van der Waals surface area contributed by atoms with Crippen LogP contribution in [0.15, 0.2) is 12.1 Å². The normalized spacial score (nSPS) is 20.2. The highest BCUT2D eigenvalue weighted by atomic mass is 32.2. The standard InChI is InChI=1S/C19H25N3O5S/c1-12-16(13(2)22(20-12)15-4-5-28(24,25)10-15)9-21(3)8-14-6-18-19(7-17(14)23)27-11-26-18/h6-7,15,23H,4-5,8-11H2,1-3H3/t15-/m0/s1. The fraction of sp³-hybridized carbons (Fsp3) is 0.526. The van der Waals surface area contributed by atoms with Crippen molar-refractivity contribution in [3.8, 4) is 17.2 Å². The molecule has 8 nitrogen and oxygen atoms in total. The van der Waals surface area contributed by atoms with Gasteiger partial charge in [-0.05, 0) is 33.4 Å². The molecule has 0 saturated carbocycles. The highest BCUT2D eigenvalue weighted by Gasteiger charge is 2.31. The Morgan fingerprint density at radius 1 is 1.25 bits per heavy atom. The number of aromatic nitrogens is 2. The minimum atomic E-state index is -2.96. The zero-order valence-electron chi connectivity index (χ0n) is 16.3. The Kier molecular flexibility index (Phi) is 4.75. The second kappa shape index (κ2) is 6.97. The van der Waals surface area contributed by atoms with Crippen LogP contribution in [-0.2, 0) is 22.9 Å². The van der Waals surface area contributed by atoms with Crippen LogP contribution in [0.25, 0.3) is 0 Å². The molecule has 1 aromatic heterocycles. The maximum Gasteiger partial charge on any atom is 0.231 e. The molecule has 1 N–H and O–H groups in total. The molecule has 2 aliphatic heterocycles. The van der Waals surface area contributed by atoms with Crippen LogP contribution in [-0.4, -0.2) is 53.6 Å². The summed E-state index contributed by atoms with van der Waals surface area (Å²) in [6.45, 7) is 5.29. The number of rotatable bonds is 5. The van der Waals surface area contributed by atoms with Gasteiger partial charge < -0.3 is 14.6 Å². The fourth-order valence-corrected chi connectivity index (χ4v) is 5.66. The molecule has 0 unspecified atom stereocenters. The molecule has 1 saturated heterocycles. The first-order chi connectivity index (χ1) is 13.2. The highest BCUT2D eigenvalue weighted by Crippen LogP contribution is 2.38. The summed E-state index contributed by atoms with van der Waals surface area (Å²) in [5.41, 5.74) is 3.76. The monoisotopic (exact) mass is 407 g/mol. The lowest BCUT2D eigenvalue weighted by Gasteiger charge is -2.18. The molecule has 1 fully saturated rings. The molecule has 0 spiro atoms. The van der Waals surface area contributed by atoms with Crippen molar-refractivity contribution in [2.45, 2.75) is 39.4 Å². The first-order valence-corrected chi connectivity index (χ1v) is 11.1. The van der Waals surface area contributed by atoms with Crippen molar-refractivity contribution in [2.75, 3.05) is 25.3 Å². The second-order valence-corrected chi connectivity index (χ2v) is 9.89. The third kappa shape index (κ3) is 3.56. The predicted octanol–water partition coefficient (Wildman–Crippen LogP) is 1.93. The number of fused-ring (bicyclic) bond motifs is 1. The summed E-state index contributed by atoms with van der Waals surface area (Å²) in [6.07, 6.45) is 0.616. The van der Waals surface area contributed by atoms with E-state index in [1.807, 2.05) is 25.6 Å². The van der Waals surface area contributed by atoms with E-state index in [1.54, 1.807) is 12.1 Å². The van der Waals surface area contributed by atoms with Gasteiger partial charge in [-0.25, -0.2) is 8.42 Å². The molecule has 4 rings (SSSR count). The van der Waals surface area contributed by atoms with Gasteiger partial charge in [0.25, 0.3) is 0 Å². The van der Waals surface area contributed by atoms with Gasteiger partial charge in [-0.1, -0.05) is 0 Å². The highest BCUT2D eigenvalue weighted by molar-refractivity contribution is 7.91. The number of nitrogens with zero attached hydrogens (tertiary/aromatic N) is 3. The number of hydrogen-bond donors (Lipinski definition) is 1. The molecule has 2 aromatic rings. The van der Waals surface area contributed by atoms with Crippen LogP contribution in [0.1, 0.15) is 35.0 Å². The molecular formula is C19H25N3O5S. The number of aromatic hydroxyl groups is 1. The van der Waals surface area contributed by atoms with Crippen LogP contribution < -0.4 is 9.47 Å². The Hall–Kier alpha value is -2.26. The molecule has 1 atom stereocenters. The number of benzene rings is 1. The molecule has 2 aliphatic rings. The summed E-state index contributed by atoms with van der Waals surface area (Å²) in [7, 11) is -0.986. The van der Waals surface area contributed by atoms with E-state index in [4.69, 9.17) is 9.47 Å². The first-order valence-electron chi connectivity index (χ1n) is 9.28. The Bertz CT molecular complexity index is 1020. The van der Waals surface area contributed by atoms with Gasteiger partial charge in [-0.2, -0.15) is 5.10 Å². The van der Waals surface area contributed by atoms with Crippen molar-refractivity contribution >= 4 is 9.84 Å². The van der Waals surface area contributed by atoms with Crippen LogP contribution >= 0.6 is 0 Å². The Balaban J connectivity index is 1.50. The molecule has 3 heterocycles. The van der Waals surface area contributed by atoms with Crippen molar-refractivity contribution < 1.29 is 23.0 Å². The van der Waals surface area contributed by atoms with Gasteiger partial charge in [-0.15, -0.1) is 0 Å². The van der Waals surface area contributed by atoms with E-state index in [-0.39, 0.29) is 30.1 Å². The smallest absolute Gasteiger partial charge is 0.231 e. The summed E-state index contributed by atoms with van der Waals surface area (Å²) < 4.78 is 36.2. The largest absolute Gasteiger partial charge is 0.507 e. The molecule has 28 heavy (non-hydrogen) atoms. The van der Waals surface area contributed by atoms with Crippen molar-refractivity contribution in [3.63, 3.8) is 0 Å². The Labute approximate surface area is 164 Å². The first kappa shape index (κ1) is 19.1. The molecular weight excluding hydrogens is 382 g/mol. The van der Waals surface area contributed by atoms with Crippen molar-refractivity contribution in [1.29, 1.82) is 0 Å². The quantitative estimate of drug-likeness (QED) is 0.809. The molecule has 9 heteroatoms. The SMILES string of the molecule is Cc1nn([C@H]2CCS(=O)(=O)C2)c(C)c1CN(C)Cc1cc2c(cc1O)OCO2. The topological polar surface area (TPSA) is 93.9 Å². The minimum absolute atomic E-state index is 0.0827. The lowest BCUT2D eigenvalue weighted by atomic mass is 10.1. The van der Waals surface area contributed by atoms with Crippen LogP contribution in [0.3, 0.4) is 0 Å². The maximum absolute atomic E-state index is 11.8. The molecule has 0 radical (unpaired) electrons. The second-order valence-electron chi connectivity index (χ2n) is 7.66. The Morgan fingerprint density at radius 2 is 1.96 bits per heavy atom. The summed E-state index contributed by atoms with van der Waals surface area (Å²) in [4.78, 5) is 2.09. The summed E-state index contributed by atoms with van der Waals surface area (Å²) >= 11 is 0. The number of phenolic OH excluding ortho intramolecular Hbond substituents is 1. The number of ether oxygens (including phenoxy) is 2. The van der Waals surface area contributed by atoms with Gasteiger partial charge in [0.2, 0.25) is 6.79 Å². The fourth-order valence-electron chi connectivity index (χ4n) is 3.97. The van der Waals surface area contributed by atoms with Gasteiger partial charge >= 0.3 is 0 Å². The number of sulfone groups is 1. The van der Waals surface area contributed by atoms with E-state index < -0.39 is 9.84 Å². The zero-order chi connectivity index (χ0) is 20.1. The van der Waals surface area contributed by atoms with E-state index >= 15 is 0 Å². The van der Waals surface area contributed by atoms with Crippen molar-refractivity contribution in [2.24, 2.45) is 0 Å². The van der Waals surface area contributed by atoms with Crippen LogP contribution in [0.5, 0.6) is 17.2 Å². The van der Waals surface area contributed by atoms with E-state index in [2.05, 4.69) is 10.00 Å². The lowest BCUT2D eigenvalue weighted by Crippen LogP contribution is -2.19. The van der Waals surface area contributed by atoms with E-state index in [1.165, 1.54) is 0 Å². The lowest BCUT2D eigenvalue weighted by molar-refractivity contribution is 0.174. The van der Waals surface area contributed by atoms with E-state index in [0.29, 0.717) is 31.0 Å². The number of phenols is 1. The average Bonchev–Trinajstić information content (AvgIpc) is 3.28. The summed E-state index contributed by atoms with van der Waals surface area (Å²) in [5, 5.41) is 14.9. The van der Waals surface area contributed by atoms with Crippen LogP contribution in [0, 0.1) is 13.8 Å².